The van der Waals surface area contributed by atoms with Crippen LogP contribution in [0, 0.1) is 6.92 Å². The molecular weight excluding hydrogens is 541 g/mol. The van der Waals surface area contributed by atoms with E-state index in [1.807, 2.05) is 0 Å². The first-order chi connectivity index (χ1) is 18.5. The van der Waals surface area contributed by atoms with Crippen molar-refractivity contribution in [3.63, 3.8) is 0 Å². The van der Waals surface area contributed by atoms with E-state index < -0.39 is 39.9 Å². The van der Waals surface area contributed by atoms with E-state index >= 15 is 0 Å². The molecular formula is C26H27F3N2O7S. The van der Waals surface area contributed by atoms with Crippen LogP contribution in [-0.2, 0) is 32.5 Å². The fourth-order valence-corrected chi connectivity index (χ4v) is 6.33. The summed E-state index contributed by atoms with van der Waals surface area (Å²) in [6.07, 6.45) is -4.68. The van der Waals surface area contributed by atoms with E-state index in [1.165, 1.54) is 14.0 Å². The van der Waals surface area contributed by atoms with Gasteiger partial charge in [-0.1, -0.05) is 18.2 Å². The normalized spacial score (nSPS) is 18.3. The van der Waals surface area contributed by atoms with Gasteiger partial charge < -0.3 is 19.3 Å². The number of nitrogens with zero attached hydrogens (tertiary/aromatic N) is 2. The number of halogens is 3. The molecule has 0 spiro atoms. The fraction of sp³-hybridized carbons (Fsp3) is 0.500. The number of para-hydroxylation sites is 1. The predicted molar refractivity (Wildman–Crippen MR) is 136 cm³/mol. The van der Waals surface area contributed by atoms with Gasteiger partial charge >= 0.3 is 17.8 Å². The van der Waals surface area contributed by atoms with Gasteiger partial charge in [0.15, 0.2) is 0 Å². The van der Waals surface area contributed by atoms with Gasteiger partial charge in [-0.2, -0.15) is 13.2 Å². The summed E-state index contributed by atoms with van der Waals surface area (Å²) in [4.78, 5) is 38.3. The highest BCUT2D eigenvalue weighted by Gasteiger charge is 2.55. The topological polar surface area (TPSA) is 109 Å². The number of thiophene rings is 1. The van der Waals surface area contributed by atoms with Gasteiger partial charge in [-0.05, 0) is 44.2 Å². The Labute approximate surface area is 224 Å². The van der Waals surface area contributed by atoms with Gasteiger partial charge in [0.25, 0.3) is 5.56 Å². The molecule has 3 heterocycles. The van der Waals surface area contributed by atoms with Gasteiger partial charge in [-0.25, -0.2) is 14.2 Å². The highest BCUT2D eigenvalue weighted by atomic mass is 32.1. The molecule has 13 heteroatoms. The zero-order chi connectivity index (χ0) is 28.1. The Morgan fingerprint density at radius 1 is 1.23 bits per heavy atom. The second-order valence-corrected chi connectivity index (χ2v) is 10.8. The molecule has 2 aromatic heterocycles. The summed E-state index contributed by atoms with van der Waals surface area (Å²) < 4.78 is 60.8. The van der Waals surface area contributed by atoms with Crippen LogP contribution in [0.1, 0.15) is 47.8 Å². The highest BCUT2D eigenvalue weighted by Crippen LogP contribution is 2.44. The van der Waals surface area contributed by atoms with Crippen LogP contribution in [0.4, 0.5) is 13.2 Å². The number of aromatic nitrogens is 2. The minimum Gasteiger partial charge on any atom is -0.496 e. The quantitative estimate of drug-likeness (QED) is 0.436. The molecule has 210 valence electrons. The molecule has 1 atom stereocenters. The Bertz CT molecular complexity index is 1530. The van der Waals surface area contributed by atoms with Crippen molar-refractivity contribution in [2.24, 2.45) is 0 Å². The number of hydrogen-bond acceptors (Lipinski definition) is 7. The number of ether oxygens (including phenoxy) is 3. The molecule has 1 saturated heterocycles. The number of carboxylic acids is 1. The highest BCUT2D eigenvalue weighted by molar-refractivity contribution is 7.19. The molecule has 1 aliphatic heterocycles. The average Bonchev–Trinajstić information content (AvgIpc) is 3.62. The first-order valence-electron chi connectivity index (χ1n) is 12.5. The summed E-state index contributed by atoms with van der Waals surface area (Å²) >= 11 is 0.298. The Hall–Kier alpha value is -3.16. The molecule has 0 amide bonds. The van der Waals surface area contributed by atoms with Crippen LogP contribution < -0.4 is 16.0 Å². The fourth-order valence-electron chi connectivity index (χ4n) is 5.16. The van der Waals surface area contributed by atoms with Gasteiger partial charge in [0.05, 0.1) is 25.1 Å². The first-order valence-corrected chi connectivity index (χ1v) is 13.3. The maximum Gasteiger partial charge on any atom is 0.425 e. The van der Waals surface area contributed by atoms with Gasteiger partial charge in [-0.3, -0.25) is 9.36 Å². The zero-order valence-electron chi connectivity index (χ0n) is 21.2. The lowest BCUT2D eigenvalue weighted by Crippen LogP contribution is -2.49. The number of aliphatic carboxylic acids is 1. The molecule has 0 radical (unpaired) electrons. The maximum absolute atomic E-state index is 13.9. The first kappa shape index (κ1) is 27.4. The van der Waals surface area contributed by atoms with Crippen molar-refractivity contribution in [1.29, 1.82) is 0 Å². The van der Waals surface area contributed by atoms with E-state index in [-0.39, 0.29) is 41.3 Å². The Morgan fingerprint density at radius 3 is 2.49 bits per heavy atom. The van der Waals surface area contributed by atoms with E-state index in [1.54, 1.807) is 24.3 Å². The Morgan fingerprint density at radius 2 is 1.90 bits per heavy atom. The molecule has 1 saturated carbocycles. The Kier molecular flexibility index (Phi) is 7.10. The molecule has 5 rings (SSSR count). The van der Waals surface area contributed by atoms with E-state index in [2.05, 4.69) is 0 Å². The van der Waals surface area contributed by atoms with Gasteiger partial charge in [0.2, 0.25) is 0 Å². The molecule has 1 N–H and O–H groups in total. The van der Waals surface area contributed by atoms with Crippen LogP contribution in [0.2, 0.25) is 0 Å². The van der Waals surface area contributed by atoms with Crippen LogP contribution >= 0.6 is 11.3 Å². The van der Waals surface area contributed by atoms with Crippen LogP contribution in [-0.4, -0.2) is 46.6 Å². The number of carbonyl (C=O) groups is 1. The van der Waals surface area contributed by atoms with Crippen molar-refractivity contribution < 1.29 is 37.3 Å². The molecule has 1 aromatic carbocycles. The summed E-state index contributed by atoms with van der Waals surface area (Å²) in [6, 6.07) is 6.94. The van der Waals surface area contributed by atoms with E-state index in [9.17, 15) is 32.7 Å². The third kappa shape index (κ3) is 4.76. The molecule has 39 heavy (non-hydrogen) atoms. The lowest BCUT2D eigenvalue weighted by molar-refractivity contribution is -0.142. The molecule has 1 aliphatic carbocycles. The number of alkyl halides is 3. The van der Waals surface area contributed by atoms with Crippen molar-refractivity contribution in [2.45, 2.75) is 63.1 Å². The molecule has 0 bridgehead atoms. The van der Waals surface area contributed by atoms with Gasteiger partial charge in [0, 0.05) is 18.8 Å². The van der Waals surface area contributed by atoms with Gasteiger partial charge in [0.1, 0.15) is 27.1 Å². The molecule has 2 fully saturated rings. The monoisotopic (exact) mass is 568 g/mol. The van der Waals surface area contributed by atoms with E-state index in [4.69, 9.17) is 14.2 Å². The van der Waals surface area contributed by atoms with Crippen LogP contribution in [0.15, 0.2) is 33.9 Å². The largest absolute Gasteiger partial charge is 0.496 e. The SMILES string of the molecule is COc1ccccc1C(Cn1c(=O)n(C2(C(=O)O)CC2)c(=O)c2c(C)c(C(F)(F)F)sc21)OC1CCOCC1. The molecule has 1 unspecified atom stereocenters. The van der Waals surface area contributed by atoms with Crippen LogP contribution in [0.5, 0.6) is 5.75 Å². The summed E-state index contributed by atoms with van der Waals surface area (Å²) in [7, 11) is 1.47. The van der Waals surface area contributed by atoms with Crippen molar-refractivity contribution >= 4 is 27.5 Å². The molecule has 2 aliphatic rings. The maximum atomic E-state index is 13.9. The minimum atomic E-state index is -4.77. The van der Waals surface area contributed by atoms with E-state index in [0.717, 1.165) is 4.57 Å². The lowest BCUT2D eigenvalue weighted by Gasteiger charge is -2.29. The second-order valence-electron chi connectivity index (χ2n) is 9.78. The molecule has 9 nitrogen and oxygen atoms in total. The van der Waals surface area contributed by atoms with Crippen LogP contribution in [0.3, 0.4) is 0 Å². The number of carboxylic acid groups (broad SMARTS) is 1. The zero-order valence-corrected chi connectivity index (χ0v) is 22.1. The number of aryl methyl sites for hydroxylation is 1. The third-order valence-electron chi connectivity index (χ3n) is 7.38. The van der Waals surface area contributed by atoms with Crippen molar-refractivity contribution in [3.8, 4) is 5.75 Å². The van der Waals surface area contributed by atoms with Gasteiger partial charge in [-0.15, -0.1) is 11.3 Å². The number of benzene rings is 1. The number of hydrogen-bond donors (Lipinski definition) is 1. The second kappa shape index (κ2) is 10.1. The number of rotatable bonds is 8. The van der Waals surface area contributed by atoms with Crippen LogP contribution in [0.25, 0.3) is 10.2 Å². The average molecular weight is 569 g/mol. The van der Waals surface area contributed by atoms with E-state index in [0.29, 0.717) is 53.3 Å². The third-order valence-corrected chi connectivity index (χ3v) is 8.74. The van der Waals surface area contributed by atoms with Crippen molar-refractivity contribution in [3.05, 3.63) is 61.1 Å². The van der Waals surface area contributed by atoms with Crippen molar-refractivity contribution in [2.75, 3.05) is 20.3 Å². The number of fused-ring (bicyclic) bond motifs is 1. The summed E-state index contributed by atoms with van der Waals surface area (Å²) in [6.45, 7) is 1.84. The lowest BCUT2D eigenvalue weighted by atomic mass is 10.1. The standard InChI is InChI=1S/C26H27F3N2O7S/c1-14-19-21(32)31(25(9-10-25)23(33)34)24(35)30(22(19)39-20(14)26(27,28)29)13-18(38-15-7-11-37-12-8-15)16-5-3-4-6-17(16)36-2/h3-6,15,18H,7-13H2,1-2H3,(H,33,34). The Balaban J connectivity index is 1.74. The summed E-state index contributed by atoms with van der Waals surface area (Å²) in [5.41, 5.74) is -3.59. The van der Waals surface area contributed by atoms with Crippen molar-refractivity contribution in [1.82, 2.24) is 9.13 Å². The minimum absolute atomic E-state index is 0.0206. The predicted octanol–water partition coefficient (Wildman–Crippen LogP) is 4.07. The number of methoxy groups -OCH3 is 1. The summed E-state index contributed by atoms with van der Waals surface area (Å²) in [5.74, 6) is -0.925. The smallest absolute Gasteiger partial charge is 0.425 e. The molecule has 3 aromatic rings. The summed E-state index contributed by atoms with van der Waals surface area (Å²) in [5, 5.41) is 9.56.